The van der Waals surface area contributed by atoms with Gasteiger partial charge < -0.3 is 14.9 Å². The van der Waals surface area contributed by atoms with Crippen LogP contribution in [-0.4, -0.2) is 35.1 Å². The lowest BCUT2D eigenvalue weighted by molar-refractivity contribution is -0.0782. The van der Waals surface area contributed by atoms with Gasteiger partial charge in [0, 0.05) is 5.92 Å². The molecule has 0 aromatic heterocycles. The molecule has 0 bridgehead atoms. The van der Waals surface area contributed by atoms with Crippen LogP contribution in [0.3, 0.4) is 0 Å². The van der Waals surface area contributed by atoms with E-state index in [0.29, 0.717) is 6.61 Å². The Labute approximate surface area is 60.6 Å². The molecular weight excluding hydrogens is 132 g/mol. The molecule has 3 nitrogen and oxygen atoms in total. The summed E-state index contributed by atoms with van der Waals surface area (Å²) in [6, 6.07) is 0. The molecule has 3 heteroatoms. The predicted molar refractivity (Wildman–Crippen MR) is 36.6 cm³/mol. The first-order valence-corrected chi connectivity index (χ1v) is 3.53. The molecule has 3 atom stereocenters. The molecule has 0 aliphatic carbocycles. The van der Waals surface area contributed by atoms with Crippen LogP contribution in [0.15, 0.2) is 0 Å². The van der Waals surface area contributed by atoms with Crippen molar-refractivity contribution in [3.05, 3.63) is 0 Å². The summed E-state index contributed by atoms with van der Waals surface area (Å²) in [5.74, 6) is 0.136. The smallest absolute Gasteiger partial charge is 0.114 e. The monoisotopic (exact) mass is 146 g/mol. The molecule has 0 radical (unpaired) electrons. The Kier molecular flexibility index (Phi) is 1.99. The van der Waals surface area contributed by atoms with Gasteiger partial charge in [-0.15, -0.1) is 0 Å². The summed E-state index contributed by atoms with van der Waals surface area (Å²) in [7, 11) is 0. The van der Waals surface area contributed by atoms with Crippen LogP contribution < -0.4 is 0 Å². The third kappa shape index (κ3) is 1.05. The molecule has 1 heterocycles. The van der Waals surface area contributed by atoms with Crippen molar-refractivity contribution in [3.63, 3.8) is 0 Å². The molecule has 60 valence electrons. The molecule has 1 fully saturated rings. The highest BCUT2D eigenvalue weighted by Crippen LogP contribution is 2.29. The molecule has 0 aromatic rings. The number of aliphatic hydroxyl groups is 2. The summed E-state index contributed by atoms with van der Waals surface area (Å²) in [4.78, 5) is 0. The van der Waals surface area contributed by atoms with Crippen molar-refractivity contribution in [3.8, 4) is 0 Å². The lowest BCUT2D eigenvalue weighted by Crippen LogP contribution is -2.41. The molecule has 0 saturated carbocycles. The Bertz CT molecular complexity index is 126. The number of aliphatic hydroxyl groups excluding tert-OH is 2. The molecule has 0 unspecified atom stereocenters. The molecule has 0 amide bonds. The van der Waals surface area contributed by atoms with E-state index in [4.69, 9.17) is 9.84 Å². The lowest BCUT2D eigenvalue weighted by Gasteiger charge is -2.24. The fraction of sp³-hybridized carbons (Fsp3) is 1.00. The Morgan fingerprint density at radius 1 is 1.70 bits per heavy atom. The van der Waals surface area contributed by atoms with Crippen LogP contribution in [-0.2, 0) is 4.74 Å². The number of hydrogen-bond acceptors (Lipinski definition) is 3. The van der Waals surface area contributed by atoms with E-state index in [9.17, 15) is 5.11 Å². The third-order valence-corrected chi connectivity index (χ3v) is 2.15. The van der Waals surface area contributed by atoms with E-state index in [1.54, 1.807) is 6.92 Å². The standard InChI is InChI=1S/C7H14O3/c1-5-3-10-7(2,4-8)6(5)9/h5-6,8-9H,3-4H2,1-2H3/t5-,6-,7-/m0/s1. The Morgan fingerprint density at radius 3 is 2.50 bits per heavy atom. The highest BCUT2D eigenvalue weighted by atomic mass is 16.5. The van der Waals surface area contributed by atoms with Crippen molar-refractivity contribution in [2.24, 2.45) is 5.92 Å². The second kappa shape index (κ2) is 2.49. The van der Waals surface area contributed by atoms with Gasteiger partial charge in [0.15, 0.2) is 0 Å². The van der Waals surface area contributed by atoms with Crippen LogP contribution in [0, 0.1) is 5.92 Å². The average molecular weight is 146 g/mol. The fourth-order valence-electron chi connectivity index (χ4n) is 1.24. The van der Waals surface area contributed by atoms with E-state index in [-0.39, 0.29) is 12.5 Å². The van der Waals surface area contributed by atoms with Gasteiger partial charge in [0.25, 0.3) is 0 Å². The largest absolute Gasteiger partial charge is 0.393 e. The number of ether oxygens (including phenoxy) is 1. The van der Waals surface area contributed by atoms with Gasteiger partial charge in [0.2, 0.25) is 0 Å². The SMILES string of the molecule is C[C@H]1CO[C@@](C)(CO)[C@H]1O. The minimum Gasteiger partial charge on any atom is -0.393 e. The van der Waals surface area contributed by atoms with Crippen molar-refractivity contribution in [2.75, 3.05) is 13.2 Å². The molecule has 1 aliphatic rings. The van der Waals surface area contributed by atoms with Gasteiger partial charge in [-0.05, 0) is 6.92 Å². The Hall–Kier alpha value is -0.120. The molecule has 2 N–H and O–H groups in total. The van der Waals surface area contributed by atoms with Crippen molar-refractivity contribution >= 4 is 0 Å². The zero-order valence-electron chi connectivity index (χ0n) is 6.37. The lowest BCUT2D eigenvalue weighted by atomic mass is 9.94. The second-order valence-corrected chi connectivity index (χ2v) is 3.20. The predicted octanol–water partition coefficient (Wildman–Crippen LogP) is -0.235. The topological polar surface area (TPSA) is 49.7 Å². The summed E-state index contributed by atoms with van der Waals surface area (Å²) < 4.78 is 5.21. The summed E-state index contributed by atoms with van der Waals surface area (Å²) in [6.07, 6.45) is -0.530. The molecule has 1 saturated heterocycles. The van der Waals surface area contributed by atoms with Crippen LogP contribution in [0.25, 0.3) is 0 Å². The van der Waals surface area contributed by atoms with E-state index in [1.165, 1.54) is 0 Å². The van der Waals surface area contributed by atoms with Crippen molar-refractivity contribution in [1.29, 1.82) is 0 Å². The highest BCUT2D eigenvalue weighted by molar-refractivity contribution is 4.91. The average Bonchev–Trinajstić information content (AvgIpc) is 2.19. The first-order chi connectivity index (χ1) is 4.60. The van der Waals surface area contributed by atoms with E-state index >= 15 is 0 Å². The zero-order chi connectivity index (χ0) is 7.78. The van der Waals surface area contributed by atoms with Gasteiger partial charge in [-0.1, -0.05) is 6.92 Å². The Balaban J connectivity index is 2.64. The van der Waals surface area contributed by atoms with Crippen LogP contribution in [0.4, 0.5) is 0 Å². The van der Waals surface area contributed by atoms with Crippen LogP contribution in [0.5, 0.6) is 0 Å². The van der Waals surface area contributed by atoms with E-state index in [2.05, 4.69) is 0 Å². The minimum absolute atomic E-state index is 0.113. The van der Waals surface area contributed by atoms with Gasteiger partial charge in [0.1, 0.15) is 5.60 Å². The summed E-state index contributed by atoms with van der Waals surface area (Å²) in [6.45, 7) is 4.06. The van der Waals surface area contributed by atoms with Crippen LogP contribution in [0.2, 0.25) is 0 Å². The summed E-state index contributed by atoms with van der Waals surface area (Å²) in [5.41, 5.74) is -0.723. The van der Waals surface area contributed by atoms with E-state index in [0.717, 1.165) is 0 Å². The third-order valence-electron chi connectivity index (χ3n) is 2.15. The number of rotatable bonds is 1. The molecule has 0 spiro atoms. The normalized spacial score (nSPS) is 48.0. The summed E-state index contributed by atoms with van der Waals surface area (Å²) >= 11 is 0. The van der Waals surface area contributed by atoms with Crippen LogP contribution >= 0.6 is 0 Å². The molecule has 1 rings (SSSR count). The van der Waals surface area contributed by atoms with Gasteiger partial charge in [-0.2, -0.15) is 0 Å². The van der Waals surface area contributed by atoms with Crippen LogP contribution in [0.1, 0.15) is 13.8 Å². The van der Waals surface area contributed by atoms with Crippen molar-refractivity contribution < 1.29 is 14.9 Å². The van der Waals surface area contributed by atoms with Gasteiger partial charge in [-0.25, -0.2) is 0 Å². The maximum atomic E-state index is 9.43. The van der Waals surface area contributed by atoms with Crippen molar-refractivity contribution in [1.82, 2.24) is 0 Å². The Morgan fingerprint density at radius 2 is 2.30 bits per heavy atom. The first-order valence-electron chi connectivity index (χ1n) is 3.53. The van der Waals surface area contributed by atoms with E-state index in [1.807, 2.05) is 6.92 Å². The molecule has 1 aliphatic heterocycles. The first kappa shape index (κ1) is 7.98. The maximum absolute atomic E-state index is 9.43. The zero-order valence-corrected chi connectivity index (χ0v) is 6.37. The quantitative estimate of drug-likeness (QED) is 0.537. The molecule has 10 heavy (non-hydrogen) atoms. The highest BCUT2D eigenvalue weighted by Gasteiger charge is 2.43. The van der Waals surface area contributed by atoms with Gasteiger partial charge in [-0.3, -0.25) is 0 Å². The minimum atomic E-state index is -0.723. The van der Waals surface area contributed by atoms with E-state index < -0.39 is 11.7 Å². The fourth-order valence-corrected chi connectivity index (χ4v) is 1.24. The van der Waals surface area contributed by atoms with Crippen molar-refractivity contribution in [2.45, 2.75) is 25.6 Å². The second-order valence-electron chi connectivity index (χ2n) is 3.20. The molecular formula is C7H14O3. The molecule has 0 aromatic carbocycles. The van der Waals surface area contributed by atoms with Gasteiger partial charge in [0.05, 0.1) is 19.3 Å². The summed E-state index contributed by atoms with van der Waals surface area (Å²) in [5, 5.41) is 18.3. The number of hydrogen-bond donors (Lipinski definition) is 2. The maximum Gasteiger partial charge on any atom is 0.114 e. The van der Waals surface area contributed by atoms with Gasteiger partial charge >= 0.3 is 0 Å².